The number of carboxylic acids is 1. The summed E-state index contributed by atoms with van der Waals surface area (Å²) in [5.74, 6) is -1.14. The Balaban J connectivity index is 1.38. The number of carboxylic acid groups (broad SMARTS) is 1. The van der Waals surface area contributed by atoms with Crippen LogP contribution in [0.25, 0.3) is 16.2 Å². The minimum absolute atomic E-state index is 0.0197. The molecule has 0 bridgehead atoms. The lowest BCUT2D eigenvalue weighted by atomic mass is 9.99. The lowest BCUT2D eigenvalue weighted by molar-refractivity contribution is -0.126. The number of thiazole rings is 1. The molecule has 0 spiro atoms. The predicted octanol–water partition coefficient (Wildman–Crippen LogP) is 1.37. The first kappa shape index (κ1) is 22.4. The molecule has 34 heavy (non-hydrogen) atoms. The van der Waals surface area contributed by atoms with E-state index in [0.29, 0.717) is 36.4 Å². The fourth-order valence-corrected chi connectivity index (χ4v) is 4.89. The van der Waals surface area contributed by atoms with Gasteiger partial charge in [0.05, 0.1) is 23.1 Å². The second-order valence-corrected chi connectivity index (χ2v) is 9.38. The Morgan fingerprint density at radius 1 is 1.29 bits per heavy atom. The Morgan fingerprint density at radius 3 is 2.79 bits per heavy atom. The molecule has 2 aliphatic heterocycles. The number of carbonyl (C=O) groups excluding carboxylic acids is 1. The van der Waals surface area contributed by atoms with Crippen molar-refractivity contribution >= 4 is 40.2 Å². The summed E-state index contributed by atoms with van der Waals surface area (Å²) in [5, 5.41) is 14.9. The van der Waals surface area contributed by atoms with Crippen LogP contribution < -0.4 is 15.6 Å². The highest BCUT2D eigenvalue weighted by atomic mass is 32.1. The topological polar surface area (TPSA) is 140 Å². The van der Waals surface area contributed by atoms with Gasteiger partial charge in [-0.05, 0) is 26.2 Å². The molecule has 0 aliphatic carbocycles. The monoisotopic (exact) mass is 484 g/mol. The molecular weight excluding hydrogens is 460 g/mol. The number of nitrogens with one attached hydrogen (secondary N) is 1. The second-order valence-electron chi connectivity index (χ2n) is 8.50. The van der Waals surface area contributed by atoms with Crippen molar-refractivity contribution in [2.24, 2.45) is 5.92 Å². The van der Waals surface area contributed by atoms with Crippen LogP contribution in [0.2, 0.25) is 0 Å². The first-order valence-electron chi connectivity index (χ1n) is 11.1. The summed E-state index contributed by atoms with van der Waals surface area (Å²) in [4.78, 5) is 52.2. The molecule has 5 rings (SSSR count). The summed E-state index contributed by atoms with van der Waals surface area (Å²) in [5.41, 5.74) is -0.342. The number of aromatic carboxylic acids is 1. The number of anilines is 1. The third-order valence-corrected chi connectivity index (χ3v) is 6.96. The van der Waals surface area contributed by atoms with Crippen molar-refractivity contribution in [1.82, 2.24) is 24.8 Å². The number of carbonyl (C=O) groups is 2. The molecule has 0 radical (unpaired) electrons. The van der Waals surface area contributed by atoms with Gasteiger partial charge < -0.3 is 20.1 Å². The molecule has 3 aromatic rings. The van der Waals surface area contributed by atoms with E-state index in [1.165, 1.54) is 22.1 Å². The second kappa shape index (κ2) is 9.11. The van der Waals surface area contributed by atoms with Crippen LogP contribution in [0.4, 0.5) is 5.95 Å². The SMILES string of the molecule is Cc1nc(N2CC(C(=O)NC[C@@H]3CCCCO3)C2)nc2c1c(=O)c(C(=O)O)cn2-c1nccs1. The van der Waals surface area contributed by atoms with E-state index in [1.54, 1.807) is 18.5 Å². The van der Waals surface area contributed by atoms with Gasteiger partial charge in [-0.25, -0.2) is 14.8 Å². The van der Waals surface area contributed by atoms with Crippen LogP contribution >= 0.6 is 11.3 Å². The Morgan fingerprint density at radius 2 is 2.12 bits per heavy atom. The molecule has 12 heteroatoms. The highest BCUT2D eigenvalue weighted by Gasteiger charge is 2.35. The molecular formula is C22H24N6O5S. The first-order chi connectivity index (χ1) is 16.4. The van der Waals surface area contributed by atoms with E-state index >= 15 is 0 Å². The van der Waals surface area contributed by atoms with Crippen LogP contribution in [0.15, 0.2) is 22.6 Å². The number of hydrogen-bond acceptors (Lipinski definition) is 9. The third-order valence-electron chi connectivity index (χ3n) is 6.19. The van der Waals surface area contributed by atoms with Gasteiger partial charge in [-0.15, -0.1) is 11.3 Å². The minimum Gasteiger partial charge on any atom is -0.477 e. The Kier molecular flexibility index (Phi) is 6.00. The quantitative estimate of drug-likeness (QED) is 0.531. The van der Waals surface area contributed by atoms with Gasteiger partial charge in [0, 0.05) is 44.0 Å². The fourth-order valence-electron chi connectivity index (χ4n) is 4.28. The summed E-state index contributed by atoms with van der Waals surface area (Å²) in [7, 11) is 0. The van der Waals surface area contributed by atoms with Gasteiger partial charge in [-0.1, -0.05) is 0 Å². The number of amides is 1. The molecule has 2 aliphatic rings. The predicted molar refractivity (Wildman–Crippen MR) is 125 cm³/mol. The zero-order valence-electron chi connectivity index (χ0n) is 18.6. The average Bonchev–Trinajstić information content (AvgIpc) is 3.32. The summed E-state index contributed by atoms with van der Waals surface area (Å²) in [6, 6.07) is 0. The van der Waals surface area contributed by atoms with E-state index in [0.717, 1.165) is 25.9 Å². The number of aromatic nitrogens is 4. The average molecular weight is 485 g/mol. The van der Waals surface area contributed by atoms with E-state index in [-0.39, 0.29) is 34.5 Å². The summed E-state index contributed by atoms with van der Waals surface area (Å²) in [6.45, 7) is 3.83. The van der Waals surface area contributed by atoms with Crippen molar-refractivity contribution in [3.8, 4) is 5.13 Å². The van der Waals surface area contributed by atoms with Crippen LogP contribution in [0.5, 0.6) is 0 Å². The molecule has 11 nitrogen and oxygen atoms in total. The van der Waals surface area contributed by atoms with Crippen LogP contribution in [-0.4, -0.2) is 68.8 Å². The number of nitrogens with zero attached hydrogens (tertiary/aromatic N) is 5. The van der Waals surface area contributed by atoms with Crippen molar-refractivity contribution in [2.75, 3.05) is 31.1 Å². The van der Waals surface area contributed by atoms with Crippen molar-refractivity contribution in [2.45, 2.75) is 32.3 Å². The van der Waals surface area contributed by atoms with E-state index in [1.807, 2.05) is 4.90 Å². The van der Waals surface area contributed by atoms with E-state index in [2.05, 4.69) is 20.3 Å². The number of ether oxygens (including phenoxy) is 1. The Labute approximate surface area is 198 Å². The van der Waals surface area contributed by atoms with Gasteiger partial charge in [0.1, 0.15) is 5.56 Å². The molecule has 2 N–H and O–H groups in total. The standard InChI is InChI=1S/C22H24N6O5S/c1-12-16-17(29)15(20(31)32)11-28(22-23-5-7-34-22)18(16)26-21(25-12)27-9-13(10-27)19(30)24-8-14-4-2-3-6-33-14/h5,7,11,13-14H,2-4,6,8-10H2,1H3,(H,24,30)(H,31,32)/t14-/m0/s1. The summed E-state index contributed by atoms with van der Waals surface area (Å²) >= 11 is 1.30. The number of hydrogen-bond donors (Lipinski definition) is 2. The molecule has 1 atom stereocenters. The number of pyridine rings is 1. The minimum atomic E-state index is -1.32. The summed E-state index contributed by atoms with van der Waals surface area (Å²) < 4.78 is 7.18. The number of fused-ring (bicyclic) bond motifs is 1. The van der Waals surface area contributed by atoms with Crippen LogP contribution in [-0.2, 0) is 9.53 Å². The maximum Gasteiger partial charge on any atom is 0.341 e. The summed E-state index contributed by atoms with van der Waals surface area (Å²) in [6.07, 6.45) is 6.08. The molecule has 5 heterocycles. The third kappa shape index (κ3) is 4.14. The highest BCUT2D eigenvalue weighted by molar-refractivity contribution is 7.12. The van der Waals surface area contributed by atoms with Gasteiger partial charge in [0.15, 0.2) is 10.8 Å². The van der Waals surface area contributed by atoms with Crippen LogP contribution in [0.3, 0.4) is 0 Å². The largest absolute Gasteiger partial charge is 0.477 e. The Bertz CT molecular complexity index is 1300. The zero-order valence-corrected chi connectivity index (χ0v) is 19.4. The first-order valence-corrected chi connectivity index (χ1v) is 12.0. The van der Waals surface area contributed by atoms with Gasteiger partial charge in [-0.2, -0.15) is 4.98 Å². The van der Waals surface area contributed by atoms with Crippen molar-refractivity contribution in [3.63, 3.8) is 0 Å². The zero-order chi connectivity index (χ0) is 23.8. The lowest BCUT2D eigenvalue weighted by Gasteiger charge is -2.38. The molecule has 0 aromatic carbocycles. The number of rotatable bonds is 6. The lowest BCUT2D eigenvalue weighted by Crippen LogP contribution is -2.55. The van der Waals surface area contributed by atoms with Gasteiger partial charge in [-0.3, -0.25) is 14.2 Å². The van der Waals surface area contributed by atoms with Crippen LogP contribution in [0, 0.1) is 12.8 Å². The van der Waals surface area contributed by atoms with E-state index < -0.39 is 11.4 Å². The highest BCUT2D eigenvalue weighted by Crippen LogP contribution is 2.26. The van der Waals surface area contributed by atoms with Gasteiger partial charge >= 0.3 is 5.97 Å². The molecule has 0 saturated carbocycles. The number of aryl methyl sites for hydroxylation is 1. The van der Waals surface area contributed by atoms with E-state index in [9.17, 15) is 19.5 Å². The molecule has 2 fully saturated rings. The Hall–Kier alpha value is -3.38. The van der Waals surface area contributed by atoms with Crippen molar-refractivity contribution < 1.29 is 19.4 Å². The normalized spacial score (nSPS) is 18.6. The molecule has 3 aromatic heterocycles. The smallest absolute Gasteiger partial charge is 0.341 e. The van der Waals surface area contributed by atoms with Gasteiger partial charge in [0.2, 0.25) is 17.3 Å². The fraction of sp³-hybridized carbons (Fsp3) is 0.455. The molecule has 1 amide bonds. The van der Waals surface area contributed by atoms with Crippen molar-refractivity contribution in [1.29, 1.82) is 0 Å². The van der Waals surface area contributed by atoms with Crippen LogP contribution in [0.1, 0.15) is 35.3 Å². The maximum atomic E-state index is 12.9. The van der Waals surface area contributed by atoms with Crippen molar-refractivity contribution in [3.05, 3.63) is 39.3 Å². The molecule has 2 saturated heterocycles. The molecule has 178 valence electrons. The molecule has 0 unspecified atom stereocenters. The van der Waals surface area contributed by atoms with Gasteiger partial charge in [0.25, 0.3) is 0 Å². The maximum absolute atomic E-state index is 12.9. The van der Waals surface area contributed by atoms with E-state index in [4.69, 9.17) is 4.74 Å².